The Balaban J connectivity index is 1.90. The Morgan fingerprint density at radius 2 is 2.28 bits per heavy atom. The minimum atomic E-state index is 0.0148. The van der Waals surface area contributed by atoms with Gasteiger partial charge in [0.1, 0.15) is 11.4 Å². The number of hydrogen-bond donors (Lipinski definition) is 1. The number of hydrogen-bond acceptors (Lipinski definition) is 2. The van der Waals surface area contributed by atoms with E-state index in [4.69, 9.17) is 10.5 Å². The zero-order chi connectivity index (χ0) is 12.8. The molecule has 3 heteroatoms. The summed E-state index contributed by atoms with van der Waals surface area (Å²) in [6, 6.07) is 6.30. The summed E-state index contributed by atoms with van der Waals surface area (Å²) in [6.07, 6.45) is 5.84. The van der Waals surface area contributed by atoms with Gasteiger partial charge in [-0.1, -0.05) is 29.3 Å². The number of fused-ring (bicyclic) bond motifs is 1. The average molecular weight is 310 g/mol. The highest BCUT2D eigenvalue weighted by Crippen LogP contribution is 2.49. The quantitative estimate of drug-likeness (QED) is 0.844. The first-order valence-corrected chi connectivity index (χ1v) is 7.65. The second-order valence-electron chi connectivity index (χ2n) is 5.79. The normalized spacial score (nSPS) is 34.4. The van der Waals surface area contributed by atoms with Crippen molar-refractivity contribution >= 4 is 15.9 Å². The van der Waals surface area contributed by atoms with E-state index in [1.54, 1.807) is 0 Å². The lowest BCUT2D eigenvalue weighted by Crippen LogP contribution is -2.40. The molecule has 0 amide bonds. The van der Waals surface area contributed by atoms with Gasteiger partial charge in [-0.3, -0.25) is 0 Å². The van der Waals surface area contributed by atoms with Crippen molar-refractivity contribution < 1.29 is 4.74 Å². The van der Waals surface area contributed by atoms with Crippen LogP contribution in [-0.4, -0.2) is 5.60 Å². The van der Waals surface area contributed by atoms with Gasteiger partial charge in [-0.05, 0) is 43.4 Å². The molecule has 1 spiro atoms. The first-order valence-electron chi connectivity index (χ1n) is 6.86. The van der Waals surface area contributed by atoms with Crippen LogP contribution in [0.15, 0.2) is 22.7 Å². The van der Waals surface area contributed by atoms with Gasteiger partial charge in [0.2, 0.25) is 0 Å². The van der Waals surface area contributed by atoms with Gasteiger partial charge in [0.05, 0.1) is 0 Å². The second-order valence-corrected chi connectivity index (χ2v) is 6.71. The van der Waals surface area contributed by atoms with Crippen molar-refractivity contribution in [2.45, 2.75) is 50.7 Å². The topological polar surface area (TPSA) is 35.2 Å². The van der Waals surface area contributed by atoms with Gasteiger partial charge in [0.25, 0.3) is 0 Å². The van der Waals surface area contributed by atoms with E-state index in [2.05, 4.69) is 35.0 Å². The maximum atomic E-state index is 6.36. The molecule has 1 saturated carbocycles. The molecule has 18 heavy (non-hydrogen) atoms. The van der Waals surface area contributed by atoms with Gasteiger partial charge >= 0.3 is 0 Å². The molecule has 0 radical (unpaired) electrons. The summed E-state index contributed by atoms with van der Waals surface area (Å²) in [4.78, 5) is 0. The minimum Gasteiger partial charge on any atom is -0.487 e. The van der Waals surface area contributed by atoms with Gasteiger partial charge in [-0.25, -0.2) is 0 Å². The molecule has 2 aliphatic rings. The van der Waals surface area contributed by atoms with Gasteiger partial charge in [0, 0.05) is 22.5 Å². The van der Waals surface area contributed by atoms with Crippen molar-refractivity contribution in [1.29, 1.82) is 0 Å². The molecule has 1 heterocycles. The zero-order valence-corrected chi connectivity index (χ0v) is 12.4. The monoisotopic (exact) mass is 309 g/mol. The third kappa shape index (κ3) is 2.08. The van der Waals surface area contributed by atoms with Crippen LogP contribution < -0.4 is 10.5 Å². The molecule has 1 aliphatic heterocycles. The molecular weight excluding hydrogens is 290 g/mol. The van der Waals surface area contributed by atoms with Gasteiger partial charge in [0.15, 0.2) is 0 Å². The predicted octanol–water partition coefficient (Wildman–Crippen LogP) is 4.18. The highest BCUT2D eigenvalue weighted by atomic mass is 79.9. The molecule has 0 aromatic heterocycles. The fourth-order valence-electron chi connectivity index (χ4n) is 3.51. The van der Waals surface area contributed by atoms with Crippen LogP contribution in [0.5, 0.6) is 5.75 Å². The molecule has 0 saturated heterocycles. The minimum absolute atomic E-state index is 0.0148. The van der Waals surface area contributed by atoms with Gasteiger partial charge in [-0.2, -0.15) is 0 Å². The van der Waals surface area contributed by atoms with Crippen molar-refractivity contribution in [3.8, 4) is 5.75 Å². The fourth-order valence-corrected chi connectivity index (χ4v) is 3.89. The van der Waals surface area contributed by atoms with Crippen molar-refractivity contribution in [2.24, 2.45) is 11.7 Å². The lowest BCUT2D eigenvalue weighted by atomic mass is 9.85. The van der Waals surface area contributed by atoms with Crippen LogP contribution in [0, 0.1) is 5.92 Å². The fraction of sp³-hybridized carbons (Fsp3) is 0.600. The van der Waals surface area contributed by atoms with Crippen LogP contribution in [-0.2, 0) is 0 Å². The molecular formula is C15H20BrNO. The van der Waals surface area contributed by atoms with E-state index in [1.807, 2.05) is 6.07 Å². The third-order valence-corrected chi connectivity index (χ3v) is 5.03. The molecule has 2 unspecified atom stereocenters. The number of ether oxygens (including phenoxy) is 1. The molecule has 0 bridgehead atoms. The van der Waals surface area contributed by atoms with Crippen LogP contribution in [0.2, 0.25) is 0 Å². The first-order chi connectivity index (χ1) is 8.62. The van der Waals surface area contributed by atoms with Crippen molar-refractivity contribution in [3.05, 3.63) is 28.2 Å². The summed E-state index contributed by atoms with van der Waals surface area (Å²) in [6.45, 7) is 2.28. The Bertz CT molecular complexity index is 462. The van der Waals surface area contributed by atoms with E-state index in [-0.39, 0.29) is 11.6 Å². The largest absolute Gasteiger partial charge is 0.487 e. The van der Waals surface area contributed by atoms with Crippen LogP contribution >= 0.6 is 15.9 Å². The molecule has 3 rings (SSSR count). The maximum absolute atomic E-state index is 6.36. The lowest BCUT2D eigenvalue weighted by Gasteiger charge is -2.39. The molecule has 98 valence electrons. The molecule has 1 aromatic rings. The number of halogens is 1. The van der Waals surface area contributed by atoms with Crippen LogP contribution in [0.3, 0.4) is 0 Å². The van der Waals surface area contributed by atoms with Crippen molar-refractivity contribution in [1.82, 2.24) is 0 Å². The summed E-state index contributed by atoms with van der Waals surface area (Å²) in [5.41, 5.74) is 7.52. The SMILES string of the molecule is CCC1CCC2(C1)C[C@@H](N)c1cc(Br)ccc1O2. The Morgan fingerprint density at radius 3 is 3.00 bits per heavy atom. The molecule has 1 fully saturated rings. The zero-order valence-electron chi connectivity index (χ0n) is 10.8. The summed E-state index contributed by atoms with van der Waals surface area (Å²) in [5, 5.41) is 0. The smallest absolute Gasteiger partial charge is 0.124 e. The lowest BCUT2D eigenvalue weighted by molar-refractivity contribution is 0.0384. The van der Waals surface area contributed by atoms with Gasteiger partial charge in [-0.15, -0.1) is 0 Å². The van der Waals surface area contributed by atoms with E-state index in [0.29, 0.717) is 0 Å². The maximum Gasteiger partial charge on any atom is 0.124 e. The average Bonchev–Trinajstić information content (AvgIpc) is 2.73. The Hall–Kier alpha value is -0.540. The van der Waals surface area contributed by atoms with Crippen LogP contribution in [0.25, 0.3) is 0 Å². The summed E-state index contributed by atoms with van der Waals surface area (Å²) < 4.78 is 7.41. The molecule has 1 aromatic carbocycles. The van der Waals surface area contributed by atoms with E-state index in [0.717, 1.165) is 34.5 Å². The Morgan fingerprint density at radius 1 is 1.44 bits per heavy atom. The summed E-state index contributed by atoms with van der Waals surface area (Å²) >= 11 is 3.50. The third-order valence-electron chi connectivity index (χ3n) is 4.54. The molecule has 3 atom stereocenters. The molecule has 1 aliphatic carbocycles. The number of nitrogens with two attached hydrogens (primary N) is 1. The first kappa shape index (κ1) is 12.5. The molecule has 2 nitrogen and oxygen atoms in total. The standard InChI is InChI=1S/C15H20BrNO/c1-2-10-5-6-15(8-10)9-13(17)12-7-11(16)3-4-14(12)18-15/h3-4,7,10,13H,2,5-6,8-9,17H2,1H3/t10?,13-,15?/m1/s1. The van der Waals surface area contributed by atoms with Gasteiger partial charge < -0.3 is 10.5 Å². The number of rotatable bonds is 1. The van der Waals surface area contributed by atoms with E-state index >= 15 is 0 Å². The van der Waals surface area contributed by atoms with Crippen LogP contribution in [0.1, 0.15) is 50.6 Å². The van der Waals surface area contributed by atoms with Crippen molar-refractivity contribution in [2.75, 3.05) is 0 Å². The number of benzene rings is 1. The van der Waals surface area contributed by atoms with E-state index < -0.39 is 0 Å². The summed E-state index contributed by atoms with van der Waals surface area (Å²) in [7, 11) is 0. The van der Waals surface area contributed by atoms with E-state index in [1.165, 1.54) is 19.3 Å². The Labute approximate surface area is 117 Å². The summed E-state index contributed by atoms with van der Waals surface area (Å²) in [5.74, 6) is 1.81. The Kier molecular flexibility index (Phi) is 3.15. The van der Waals surface area contributed by atoms with E-state index in [9.17, 15) is 0 Å². The highest BCUT2D eigenvalue weighted by molar-refractivity contribution is 9.10. The predicted molar refractivity (Wildman–Crippen MR) is 76.7 cm³/mol. The second kappa shape index (κ2) is 4.53. The molecule has 2 N–H and O–H groups in total. The highest BCUT2D eigenvalue weighted by Gasteiger charge is 2.45. The van der Waals surface area contributed by atoms with Crippen molar-refractivity contribution in [3.63, 3.8) is 0 Å². The van der Waals surface area contributed by atoms with Crippen LogP contribution in [0.4, 0.5) is 0 Å².